The van der Waals surface area contributed by atoms with E-state index in [0.29, 0.717) is 34.6 Å². The second kappa shape index (κ2) is 11.3. The van der Waals surface area contributed by atoms with Gasteiger partial charge in [-0.15, -0.1) is 0 Å². The molecule has 194 valence electrons. The van der Waals surface area contributed by atoms with E-state index < -0.39 is 23.8 Å². The molecule has 0 aliphatic carbocycles. The monoisotopic (exact) mass is 518 g/mol. The highest BCUT2D eigenvalue weighted by atomic mass is 19.4. The number of carboxylic acids is 2. The van der Waals surface area contributed by atoms with E-state index in [1.54, 1.807) is 41.1 Å². The quantitative estimate of drug-likeness (QED) is 0.232. The number of pyridine rings is 1. The van der Waals surface area contributed by atoms with Crippen LogP contribution in [0.2, 0.25) is 0 Å². The van der Waals surface area contributed by atoms with Crippen molar-refractivity contribution in [2.24, 2.45) is 5.73 Å². The number of para-hydroxylation sites is 1. The third kappa shape index (κ3) is 6.49. The number of hydrogen-bond donors (Lipinski definition) is 5. The third-order valence-corrected chi connectivity index (χ3v) is 4.90. The van der Waals surface area contributed by atoms with Crippen molar-refractivity contribution < 1.29 is 37.8 Å². The molecular weight excluding hydrogens is 497 g/mol. The number of fused-ring (bicyclic) bond motifs is 3. The summed E-state index contributed by atoms with van der Waals surface area (Å²) in [5.41, 5.74) is 5.13. The van der Waals surface area contributed by atoms with Crippen molar-refractivity contribution in [1.29, 1.82) is 0 Å². The molecule has 11 nitrogen and oxygen atoms in total. The fraction of sp³-hybridized carbons (Fsp3) is 0.174. The number of amides is 1. The number of aliphatic carboxylic acids is 2. The van der Waals surface area contributed by atoms with E-state index >= 15 is 0 Å². The minimum absolute atomic E-state index is 0.167. The molecule has 0 atom stereocenters. The Balaban J connectivity index is 0.000000414. The highest BCUT2D eigenvalue weighted by Gasteiger charge is 2.37. The highest BCUT2D eigenvalue weighted by molar-refractivity contribution is 6.04. The number of H-pyrrole nitrogens is 1. The van der Waals surface area contributed by atoms with Crippen molar-refractivity contribution in [3.8, 4) is 11.5 Å². The largest absolute Gasteiger partial charge is 0.478 e. The molecule has 0 unspecified atom stereocenters. The van der Waals surface area contributed by atoms with Crippen molar-refractivity contribution in [3.05, 3.63) is 60.4 Å². The first kappa shape index (κ1) is 26.9. The van der Waals surface area contributed by atoms with Crippen LogP contribution in [-0.2, 0) is 27.1 Å². The fourth-order valence-electron chi connectivity index (χ4n) is 3.45. The van der Waals surface area contributed by atoms with Crippen molar-refractivity contribution in [2.75, 3.05) is 13.1 Å². The average molecular weight is 518 g/mol. The van der Waals surface area contributed by atoms with Gasteiger partial charge in [0.05, 0.1) is 23.3 Å². The lowest BCUT2D eigenvalue weighted by Crippen LogP contribution is -2.32. The Labute approximate surface area is 206 Å². The van der Waals surface area contributed by atoms with Gasteiger partial charge < -0.3 is 30.8 Å². The molecule has 0 radical (unpaired) electrons. The molecule has 0 saturated carbocycles. The van der Waals surface area contributed by atoms with Crippen LogP contribution in [0.5, 0.6) is 0 Å². The van der Waals surface area contributed by atoms with Gasteiger partial charge >= 0.3 is 18.1 Å². The van der Waals surface area contributed by atoms with Crippen LogP contribution >= 0.6 is 0 Å². The first-order valence-electron chi connectivity index (χ1n) is 10.6. The maximum atomic E-state index is 13.7. The molecule has 3 heterocycles. The van der Waals surface area contributed by atoms with E-state index in [4.69, 9.17) is 15.9 Å². The number of benzene rings is 1. The van der Waals surface area contributed by atoms with Gasteiger partial charge in [0.15, 0.2) is 11.5 Å². The maximum absolute atomic E-state index is 13.7. The first-order valence-corrected chi connectivity index (χ1v) is 10.6. The average Bonchev–Trinajstić information content (AvgIpc) is 3.50. The number of nitrogens with one attached hydrogen (secondary N) is 2. The second-order valence-corrected chi connectivity index (χ2v) is 7.41. The lowest BCUT2D eigenvalue weighted by molar-refractivity contribution is -0.139. The van der Waals surface area contributed by atoms with Gasteiger partial charge in [-0.2, -0.15) is 13.2 Å². The second-order valence-electron chi connectivity index (χ2n) is 7.41. The predicted octanol–water partition coefficient (Wildman–Crippen LogP) is 2.39. The zero-order valence-electron chi connectivity index (χ0n) is 19.0. The number of carboxylic acid groups (broad SMARTS) is 2. The number of imidazole rings is 1. The molecular formula is C23H21F3N6O5. The van der Waals surface area contributed by atoms with Gasteiger partial charge in [0.2, 0.25) is 5.91 Å². The number of halogens is 3. The van der Waals surface area contributed by atoms with Crippen molar-refractivity contribution in [2.45, 2.75) is 12.7 Å². The molecule has 0 fully saturated rings. The van der Waals surface area contributed by atoms with Crippen LogP contribution in [0.4, 0.5) is 13.2 Å². The van der Waals surface area contributed by atoms with E-state index in [9.17, 15) is 27.6 Å². The number of alkyl halides is 3. The fourth-order valence-corrected chi connectivity index (χ4v) is 3.45. The molecule has 0 aliphatic heterocycles. The van der Waals surface area contributed by atoms with E-state index in [2.05, 4.69) is 20.3 Å². The number of rotatable bonds is 7. The summed E-state index contributed by atoms with van der Waals surface area (Å²) in [7, 11) is 0. The standard InChI is InChI=1S/C19H17F3N6O.C4H4O4/c20-19(21,22)17-15-16(11-4-1-2-5-12(11)26-17)28(9-8-25-14(29)10-23)18(27-15)13-6-3-7-24-13;5-3(6)1-2-4(7)8/h1-7,24H,8-10,23H2,(H,25,29);1-2H,(H,5,6)(H,7,8)/b;2-1+. The van der Waals surface area contributed by atoms with Gasteiger partial charge in [-0.05, 0) is 18.2 Å². The zero-order chi connectivity index (χ0) is 27.2. The summed E-state index contributed by atoms with van der Waals surface area (Å²) in [5, 5.41) is 18.8. The number of carbonyl (C=O) groups is 3. The van der Waals surface area contributed by atoms with Gasteiger partial charge in [-0.3, -0.25) is 4.79 Å². The van der Waals surface area contributed by atoms with Crippen LogP contribution in [-0.4, -0.2) is 60.7 Å². The van der Waals surface area contributed by atoms with Crippen LogP contribution < -0.4 is 11.1 Å². The van der Waals surface area contributed by atoms with Gasteiger partial charge in [0.1, 0.15) is 5.52 Å². The minimum Gasteiger partial charge on any atom is -0.478 e. The summed E-state index contributed by atoms with van der Waals surface area (Å²) in [6.45, 7) is 0.230. The number of carbonyl (C=O) groups excluding carboxylic acids is 1. The summed E-state index contributed by atoms with van der Waals surface area (Å²) in [5.74, 6) is -2.53. The van der Waals surface area contributed by atoms with Gasteiger partial charge in [0.25, 0.3) is 0 Å². The number of nitrogens with two attached hydrogens (primary N) is 1. The zero-order valence-corrected chi connectivity index (χ0v) is 19.0. The van der Waals surface area contributed by atoms with Crippen molar-refractivity contribution in [1.82, 2.24) is 24.8 Å². The molecule has 0 saturated heterocycles. The summed E-state index contributed by atoms with van der Waals surface area (Å²) in [6.07, 6.45) is -1.89. The molecule has 1 amide bonds. The van der Waals surface area contributed by atoms with Crippen molar-refractivity contribution in [3.63, 3.8) is 0 Å². The van der Waals surface area contributed by atoms with Gasteiger partial charge in [-0.25, -0.2) is 19.6 Å². The smallest absolute Gasteiger partial charge is 0.435 e. The SMILES string of the molecule is NCC(=O)NCCn1c(-c2ccc[nH]2)nc2c(C(F)(F)F)nc3ccccc3c21.O=C(O)/C=C/C(=O)O. The van der Waals surface area contributed by atoms with Crippen LogP contribution in [0.25, 0.3) is 33.5 Å². The molecule has 6 N–H and O–H groups in total. The Bertz CT molecular complexity index is 1450. The third-order valence-electron chi connectivity index (χ3n) is 4.90. The Morgan fingerprint density at radius 1 is 1.05 bits per heavy atom. The van der Waals surface area contributed by atoms with Crippen LogP contribution in [0, 0.1) is 0 Å². The van der Waals surface area contributed by atoms with E-state index in [1.807, 2.05) is 0 Å². The summed E-state index contributed by atoms with van der Waals surface area (Å²) in [6, 6.07) is 10.1. The number of aromatic amines is 1. The van der Waals surface area contributed by atoms with Crippen molar-refractivity contribution >= 4 is 39.8 Å². The molecule has 1 aromatic carbocycles. The number of nitrogens with zero attached hydrogens (tertiary/aromatic N) is 3. The lowest BCUT2D eigenvalue weighted by atomic mass is 10.1. The molecule has 37 heavy (non-hydrogen) atoms. The molecule has 4 aromatic rings. The van der Waals surface area contributed by atoms with Gasteiger partial charge in [0, 0.05) is 36.8 Å². The predicted molar refractivity (Wildman–Crippen MR) is 126 cm³/mol. The molecule has 3 aromatic heterocycles. The molecule has 14 heteroatoms. The Morgan fingerprint density at radius 2 is 1.73 bits per heavy atom. The normalized spacial score (nSPS) is 11.5. The minimum atomic E-state index is -4.66. The Morgan fingerprint density at radius 3 is 2.30 bits per heavy atom. The molecule has 0 bridgehead atoms. The first-order chi connectivity index (χ1) is 17.5. The van der Waals surface area contributed by atoms with Crippen LogP contribution in [0.15, 0.2) is 54.7 Å². The van der Waals surface area contributed by atoms with Crippen LogP contribution in [0.3, 0.4) is 0 Å². The summed E-state index contributed by atoms with van der Waals surface area (Å²) in [4.78, 5) is 41.7. The van der Waals surface area contributed by atoms with Gasteiger partial charge in [-0.1, -0.05) is 18.2 Å². The van der Waals surface area contributed by atoms with E-state index in [0.717, 1.165) is 0 Å². The molecule has 0 spiro atoms. The highest BCUT2D eigenvalue weighted by Crippen LogP contribution is 2.38. The van der Waals surface area contributed by atoms with E-state index in [-0.39, 0.29) is 36.6 Å². The van der Waals surface area contributed by atoms with E-state index in [1.165, 1.54) is 6.07 Å². The summed E-state index contributed by atoms with van der Waals surface area (Å²) < 4.78 is 42.9. The number of aromatic nitrogens is 4. The maximum Gasteiger partial charge on any atom is 0.435 e. The lowest BCUT2D eigenvalue weighted by Gasteiger charge is -2.12. The molecule has 0 aliphatic rings. The number of hydrogen-bond acceptors (Lipinski definition) is 6. The topological polar surface area (TPSA) is 176 Å². The summed E-state index contributed by atoms with van der Waals surface area (Å²) >= 11 is 0. The Kier molecular flexibility index (Phi) is 8.24. The molecule has 4 rings (SSSR count). The Hall–Kier alpha value is -4.72. The van der Waals surface area contributed by atoms with Crippen LogP contribution in [0.1, 0.15) is 5.69 Å².